The number of hydrogen-bond acceptors (Lipinski definition) is 1. The first-order valence-electron chi connectivity index (χ1n) is 6.34. The van der Waals surface area contributed by atoms with Crippen LogP contribution in [0.25, 0.3) is 0 Å². The van der Waals surface area contributed by atoms with Gasteiger partial charge < -0.3 is 10.2 Å². The van der Waals surface area contributed by atoms with Gasteiger partial charge in [0.25, 0.3) is 0 Å². The molecule has 2 aliphatic rings. The summed E-state index contributed by atoms with van der Waals surface area (Å²) in [5, 5.41) is 4.37. The average molecular weight is 226 g/mol. The standard InChI is InChI=1S/C12H22N2S/c1-2-3-7-13-12(15)14-8-10-5-4-6-11(10)9-14/h10-11H,2-9H2,1H3,(H,13,15). The lowest BCUT2D eigenvalue weighted by molar-refractivity contribution is 0.455. The summed E-state index contributed by atoms with van der Waals surface area (Å²) in [5.74, 6) is 1.88. The minimum atomic E-state index is 0.941. The minimum Gasteiger partial charge on any atom is -0.363 e. The van der Waals surface area contributed by atoms with Gasteiger partial charge in [-0.2, -0.15) is 0 Å². The van der Waals surface area contributed by atoms with Gasteiger partial charge >= 0.3 is 0 Å². The predicted molar refractivity (Wildman–Crippen MR) is 67.9 cm³/mol. The number of nitrogens with zero attached hydrogens (tertiary/aromatic N) is 1. The third-order valence-electron chi connectivity index (χ3n) is 3.82. The molecule has 0 aromatic rings. The molecule has 1 heterocycles. The Morgan fingerprint density at radius 3 is 2.60 bits per heavy atom. The van der Waals surface area contributed by atoms with Crippen molar-refractivity contribution in [3.8, 4) is 0 Å². The second-order valence-corrected chi connectivity index (χ2v) is 5.33. The summed E-state index contributed by atoms with van der Waals surface area (Å²) in [5.41, 5.74) is 0. The molecule has 2 rings (SSSR count). The fourth-order valence-corrected chi connectivity index (χ4v) is 3.14. The first-order chi connectivity index (χ1) is 7.31. The maximum absolute atomic E-state index is 5.42. The van der Waals surface area contributed by atoms with E-state index in [-0.39, 0.29) is 0 Å². The van der Waals surface area contributed by atoms with Crippen LogP contribution >= 0.6 is 12.2 Å². The van der Waals surface area contributed by atoms with Crippen LogP contribution in [-0.4, -0.2) is 29.6 Å². The van der Waals surface area contributed by atoms with Gasteiger partial charge in [-0.05, 0) is 43.3 Å². The maximum Gasteiger partial charge on any atom is 0.168 e. The quantitative estimate of drug-likeness (QED) is 0.587. The van der Waals surface area contributed by atoms with Gasteiger partial charge in [0.1, 0.15) is 0 Å². The van der Waals surface area contributed by atoms with E-state index in [1.54, 1.807) is 0 Å². The van der Waals surface area contributed by atoms with E-state index in [1.165, 1.54) is 45.2 Å². The minimum absolute atomic E-state index is 0.941. The molecule has 1 saturated heterocycles. The molecule has 2 atom stereocenters. The highest BCUT2D eigenvalue weighted by Crippen LogP contribution is 2.37. The van der Waals surface area contributed by atoms with Crippen LogP contribution in [0.1, 0.15) is 39.0 Å². The van der Waals surface area contributed by atoms with Gasteiger partial charge in [-0.15, -0.1) is 0 Å². The van der Waals surface area contributed by atoms with Crippen molar-refractivity contribution in [3.63, 3.8) is 0 Å². The molecule has 0 aromatic heterocycles. The monoisotopic (exact) mass is 226 g/mol. The van der Waals surface area contributed by atoms with Crippen LogP contribution in [0.2, 0.25) is 0 Å². The highest BCUT2D eigenvalue weighted by Gasteiger charge is 2.36. The van der Waals surface area contributed by atoms with Gasteiger partial charge in [-0.1, -0.05) is 19.8 Å². The zero-order valence-corrected chi connectivity index (χ0v) is 10.5. The highest BCUT2D eigenvalue weighted by atomic mass is 32.1. The number of fused-ring (bicyclic) bond motifs is 1. The van der Waals surface area contributed by atoms with Crippen molar-refractivity contribution >= 4 is 17.3 Å². The lowest BCUT2D eigenvalue weighted by Gasteiger charge is -2.21. The van der Waals surface area contributed by atoms with Crippen LogP contribution in [0.4, 0.5) is 0 Å². The molecule has 86 valence electrons. The van der Waals surface area contributed by atoms with Gasteiger partial charge in [0.05, 0.1) is 0 Å². The summed E-state index contributed by atoms with van der Waals surface area (Å²) < 4.78 is 0. The molecule has 2 fully saturated rings. The summed E-state index contributed by atoms with van der Waals surface area (Å²) >= 11 is 5.42. The number of thiocarbonyl (C=S) groups is 1. The smallest absolute Gasteiger partial charge is 0.168 e. The Labute approximate surface area is 98.4 Å². The molecule has 3 heteroatoms. The lowest BCUT2D eigenvalue weighted by atomic mass is 10.0. The van der Waals surface area contributed by atoms with Crippen molar-refractivity contribution in [2.45, 2.75) is 39.0 Å². The van der Waals surface area contributed by atoms with Gasteiger partial charge in [-0.25, -0.2) is 0 Å². The summed E-state index contributed by atoms with van der Waals surface area (Å²) in [6.07, 6.45) is 6.76. The molecule has 15 heavy (non-hydrogen) atoms. The fourth-order valence-electron chi connectivity index (χ4n) is 2.88. The van der Waals surface area contributed by atoms with E-state index in [9.17, 15) is 0 Å². The van der Waals surface area contributed by atoms with Crippen LogP contribution in [-0.2, 0) is 0 Å². The third kappa shape index (κ3) is 2.63. The molecule has 0 radical (unpaired) electrons. The number of hydrogen-bond donors (Lipinski definition) is 1. The van der Waals surface area contributed by atoms with Gasteiger partial charge in [0.2, 0.25) is 0 Å². The van der Waals surface area contributed by atoms with Crippen molar-refractivity contribution in [1.82, 2.24) is 10.2 Å². The molecule has 2 unspecified atom stereocenters. The summed E-state index contributed by atoms with van der Waals surface area (Å²) in [6, 6.07) is 0. The first kappa shape index (κ1) is 11.2. The predicted octanol–water partition coefficient (Wildman–Crippen LogP) is 2.39. The van der Waals surface area contributed by atoms with Crippen LogP contribution in [0.15, 0.2) is 0 Å². The molecule has 1 aliphatic heterocycles. The molecular weight excluding hydrogens is 204 g/mol. The molecule has 0 bridgehead atoms. The SMILES string of the molecule is CCCCNC(=S)N1CC2CCCC2C1. The van der Waals surface area contributed by atoms with Crippen molar-refractivity contribution in [2.24, 2.45) is 11.8 Å². The molecule has 1 saturated carbocycles. The second-order valence-electron chi connectivity index (χ2n) is 4.94. The Balaban J connectivity index is 1.73. The van der Waals surface area contributed by atoms with Crippen LogP contribution in [0.5, 0.6) is 0 Å². The molecule has 1 aliphatic carbocycles. The zero-order valence-electron chi connectivity index (χ0n) is 9.67. The highest BCUT2D eigenvalue weighted by molar-refractivity contribution is 7.80. The van der Waals surface area contributed by atoms with E-state index in [1.807, 2.05) is 0 Å². The number of unbranched alkanes of at least 4 members (excludes halogenated alkanes) is 1. The van der Waals surface area contributed by atoms with E-state index in [2.05, 4.69) is 17.1 Å². The zero-order chi connectivity index (χ0) is 10.7. The molecule has 2 nitrogen and oxygen atoms in total. The Hall–Kier alpha value is -0.310. The Bertz CT molecular complexity index is 218. The molecular formula is C12H22N2S. The molecule has 0 spiro atoms. The lowest BCUT2D eigenvalue weighted by Crippen LogP contribution is -2.39. The normalized spacial score (nSPS) is 29.3. The fraction of sp³-hybridized carbons (Fsp3) is 0.917. The summed E-state index contributed by atoms with van der Waals surface area (Å²) in [6.45, 7) is 5.68. The van der Waals surface area contributed by atoms with Gasteiger partial charge in [0, 0.05) is 19.6 Å². The Kier molecular flexibility index (Phi) is 3.84. The molecule has 1 N–H and O–H groups in total. The third-order valence-corrected chi connectivity index (χ3v) is 4.22. The van der Waals surface area contributed by atoms with Crippen LogP contribution in [0, 0.1) is 11.8 Å². The topological polar surface area (TPSA) is 15.3 Å². The second kappa shape index (κ2) is 5.15. The number of rotatable bonds is 3. The van der Waals surface area contributed by atoms with E-state index in [0.29, 0.717) is 0 Å². The number of nitrogens with one attached hydrogen (secondary N) is 1. The van der Waals surface area contributed by atoms with Gasteiger partial charge in [-0.3, -0.25) is 0 Å². The molecule has 0 aromatic carbocycles. The summed E-state index contributed by atoms with van der Waals surface area (Å²) in [7, 11) is 0. The van der Waals surface area contributed by atoms with E-state index >= 15 is 0 Å². The van der Waals surface area contributed by atoms with Crippen molar-refractivity contribution in [2.75, 3.05) is 19.6 Å². The largest absolute Gasteiger partial charge is 0.363 e. The van der Waals surface area contributed by atoms with E-state index in [0.717, 1.165) is 23.5 Å². The maximum atomic E-state index is 5.42. The van der Waals surface area contributed by atoms with Crippen LogP contribution < -0.4 is 5.32 Å². The van der Waals surface area contributed by atoms with Crippen LogP contribution in [0.3, 0.4) is 0 Å². The van der Waals surface area contributed by atoms with Crippen molar-refractivity contribution in [1.29, 1.82) is 0 Å². The Morgan fingerprint density at radius 2 is 2.00 bits per heavy atom. The Morgan fingerprint density at radius 1 is 1.33 bits per heavy atom. The van der Waals surface area contributed by atoms with E-state index < -0.39 is 0 Å². The van der Waals surface area contributed by atoms with E-state index in [4.69, 9.17) is 12.2 Å². The average Bonchev–Trinajstić information content (AvgIpc) is 2.76. The summed E-state index contributed by atoms with van der Waals surface area (Å²) in [4.78, 5) is 2.39. The van der Waals surface area contributed by atoms with Gasteiger partial charge in [0.15, 0.2) is 5.11 Å². The number of likely N-dealkylation sites (tertiary alicyclic amines) is 1. The molecule has 0 amide bonds. The van der Waals surface area contributed by atoms with Crippen molar-refractivity contribution in [3.05, 3.63) is 0 Å². The first-order valence-corrected chi connectivity index (χ1v) is 6.75. The van der Waals surface area contributed by atoms with Crippen molar-refractivity contribution < 1.29 is 0 Å².